The van der Waals surface area contributed by atoms with Crippen LogP contribution in [0.15, 0.2) is 224 Å². The Hall–Kier alpha value is -7.22. The summed E-state index contributed by atoms with van der Waals surface area (Å²) in [7, 11) is 0. The topological polar surface area (TPSA) is 3.24 Å². The number of hydrogen-bond donors (Lipinski definition) is 0. The van der Waals surface area contributed by atoms with Crippen molar-refractivity contribution in [3.8, 4) is 44.5 Å². The van der Waals surface area contributed by atoms with Crippen molar-refractivity contribution >= 4 is 49.4 Å². The Bertz CT molecular complexity index is 2940. The zero-order valence-electron chi connectivity index (χ0n) is 30.3. The van der Waals surface area contributed by atoms with E-state index in [1.54, 1.807) is 0 Å². The monoisotopic (exact) mass is 699 g/mol. The molecular formula is C54H37N. The molecule has 0 aliphatic carbocycles. The Labute approximate surface area is 322 Å². The molecule has 0 heterocycles. The maximum Gasteiger partial charge on any atom is 0.0540 e. The van der Waals surface area contributed by atoms with Gasteiger partial charge in [-0.1, -0.05) is 188 Å². The molecular weight excluding hydrogens is 663 g/mol. The summed E-state index contributed by atoms with van der Waals surface area (Å²) < 4.78 is 0. The van der Waals surface area contributed by atoms with Crippen molar-refractivity contribution in [1.82, 2.24) is 0 Å². The number of anilines is 3. The van der Waals surface area contributed by atoms with Gasteiger partial charge in [0.1, 0.15) is 0 Å². The van der Waals surface area contributed by atoms with Crippen molar-refractivity contribution < 1.29 is 0 Å². The molecule has 10 rings (SSSR count). The lowest BCUT2D eigenvalue weighted by Gasteiger charge is -2.28. The molecule has 0 bridgehead atoms. The van der Waals surface area contributed by atoms with Crippen LogP contribution in [0.25, 0.3) is 76.8 Å². The molecule has 0 spiro atoms. The van der Waals surface area contributed by atoms with Crippen molar-refractivity contribution in [3.63, 3.8) is 0 Å². The fourth-order valence-electron chi connectivity index (χ4n) is 8.18. The largest absolute Gasteiger partial charge is 0.310 e. The molecule has 0 amide bonds. The van der Waals surface area contributed by atoms with E-state index in [-0.39, 0.29) is 0 Å². The van der Waals surface area contributed by atoms with Gasteiger partial charge in [-0.2, -0.15) is 0 Å². The van der Waals surface area contributed by atoms with Gasteiger partial charge >= 0.3 is 0 Å². The highest BCUT2D eigenvalue weighted by Gasteiger charge is 2.19. The Kier molecular flexibility index (Phi) is 8.24. The fraction of sp³-hybridized carbons (Fsp3) is 0. The van der Waals surface area contributed by atoms with Gasteiger partial charge in [-0.25, -0.2) is 0 Å². The second-order valence-electron chi connectivity index (χ2n) is 14.1. The molecule has 0 aliphatic rings. The SMILES string of the molecule is c1ccc(-c2ccc(N(c3ccc(-c4cccc5cccc(-c6ccccc6)c45)cc3)c3ccc(-c4ccc5ccccc5c4)c4ccccc34)cc2)cc1. The summed E-state index contributed by atoms with van der Waals surface area (Å²) in [5.41, 5.74) is 13.1. The van der Waals surface area contributed by atoms with E-state index in [1.807, 2.05) is 0 Å². The van der Waals surface area contributed by atoms with E-state index in [0.29, 0.717) is 0 Å². The van der Waals surface area contributed by atoms with Gasteiger partial charge in [-0.15, -0.1) is 0 Å². The molecule has 0 atom stereocenters. The zero-order valence-corrected chi connectivity index (χ0v) is 30.3. The standard InChI is InChI=1S/C54H37N/c1-3-13-38(14-4-1)40-27-31-46(32-28-40)55(53-36-35-48(51-21-9-10-22-52(51)53)45-26-25-39-15-7-8-18-44(39)37-45)47-33-29-42(30-34-47)50-24-12-20-43-19-11-23-49(54(43)50)41-16-5-2-6-17-41/h1-37H. The third-order valence-electron chi connectivity index (χ3n) is 10.9. The minimum Gasteiger partial charge on any atom is -0.310 e. The molecule has 0 aromatic heterocycles. The van der Waals surface area contributed by atoms with Crippen molar-refractivity contribution in [2.24, 2.45) is 0 Å². The van der Waals surface area contributed by atoms with E-state index in [0.717, 1.165) is 17.1 Å². The highest BCUT2D eigenvalue weighted by atomic mass is 15.1. The minimum absolute atomic E-state index is 1.10. The number of nitrogens with zero attached hydrogens (tertiary/aromatic N) is 1. The summed E-state index contributed by atoms with van der Waals surface area (Å²) in [4.78, 5) is 2.41. The summed E-state index contributed by atoms with van der Waals surface area (Å²) in [6.45, 7) is 0. The molecule has 1 heteroatoms. The van der Waals surface area contributed by atoms with Crippen LogP contribution in [0.1, 0.15) is 0 Å². The zero-order chi connectivity index (χ0) is 36.6. The predicted molar refractivity (Wildman–Crippen MR) is 235 cm³/mol. The molecule has 258 valence electrons. The average Bonchev–Trinajstić information content (AvgIpc) is 3.27. The van der Waals surface area contributed by atoms with E-state index in [1.165, 1.54) is 76.8 Å². The summed E-state index contributed by atoms with van der Waals surface area (Å²) in [5.74, 6) is 0. The van der Waals surface area contributed by atoms with Gasteiger partial charge in [0, 0.05) is 16.8 Å². The summed E-state index contributed by atoms with van der Waals surface area (Å²) in [5, 5.41) is 7.43. The molecule has 0 saturated carbocycles. The van der Waals surface area contributed by atoms with Gasteiger partial charge in [0.05, 0.1) is 5.69 Å². The van der Waals surface area contributed by atoms with E-state index in [2.05, 4.69) is 229 Å². The van der Waals surface area contributed by atoms with Crippen LogP contribution in [0.4, 0.5) is 17.1 Å². The van der Waals surface area contributed by atoms with Crippen LogP contribution >= 0.6 is 0 Å². The van der Waals surface area contributed by atoms with Crippen molar-refractivity contribution in [3.05, 3.63) is 224 Å². The molecule has 10 aromatic rings. The van der Waals surface area contributed by atoms with E-state index in [4.69, 9.17) is 0 Å². The number of rotatable bonds is 7. The van der Waals surface area contributed by atoms with Crippen LogP contribution in [0.2, 0.25) is 0 Å². The molecule has 0 fully saturated rings. The molecule has 0 aliphatic heterocycles. The van der Waals surface area contributed by atoms with Gasteiger partial charge in [-0.05, 0) is 108 Å². The second-order valence-corrected chi connectivity index (χ2v) is 14.1. The second kappa shape index (κ2) is 14.0. The van der Waals surface area contributed by atoms with Gasteiger partial charge in [0.25, 0.3) is 0 Å². The van der Waals surface area contributed by atoms with E-state index < -0.39 is 0 Å². The Morgan fingerprint density at radius 2 is 0.745 bits per heavy atom. The van der Waals surface area contributed by atoms with Gasteiger partial charge in [0.2, 0.25) is 0 Å². The Balaban J connectivity index is 1.12. The summed E-state index contributed by atoms with van der Waals surface area (Å²) >= 11 is 0. The summed E-state index contributed by atoms with van der Waals surface area (Å²) in [6, 6.07) is 81.4. The third kappa shape index (κ3) is 6.02. The predicted octanol–water partition coefficient (Wildman–Crippen LogP) is 15.3. The molecule has 0 N–H and O–H groups in total. The maximum atomic E-state index is 2.41. The van der Waals surface area contributed by atoms with E-state index in [9.17, 15) is 0 Å². The van der Waals surface area contributed by atoms with Gasteiger partial charge in [0.15, 0.2) is 0 Å². The fourth-order valence-corrected chi connectivity index (χ4v) is 8.18. The first-order valence-electron chi connectivity index (χ1n) is 18.9. The molecule has 55 heavy (non-hydrogen) atoms. The van der Waals surface area contributed by atoms with Gasteiger partial charge in [-0.3, -0.25) is 0 Å². The smallest absolute Gasteiger partial charge is 0.0540 e. The van der Waals surface area contributed by atoms with Crippen LogP contribution in [-0.2, 0) is 0 Å². The lowest BCUT2D eigenvalue weighted by atomic mass is 9.91. The summed E-state index contributed by atoms with van der Waals surface area (Å²) in [6.07, 6.45) is 0. The molecule has 0 saturated heterocycles. The first-order valence-corrected chi connectivity index (χ1v) is 18.9. The first-order chi connectivity index (χ1) is 27.3. The lowest BCUT2D eigenvalue weighted by Crippen LogP contribution is -2.10. The van der Waals surface area contributed by atoms with Crippen LogP contribution < -0.4 is 4.90 Å². The van der Waals surface area contributed by atoms with Gasteiger partial charge < -0.3 is 4.90 Å². The maximum absolute atomic E-state index is 2.41. The highest BCUT2D eigenvalue weighted by molar-refractivity contribution is 6.08. The van der Waals surface area contributed by atoms with Crippen molar-refractivity contribution in [2.45, 2.75) is 0 Å². The number of hydrogen-bond acceptors (Lipinski definition) is 1. The van der Waals surface area contributed by atoms with Crippen LogP contribution in [0.5, 0.6) is 0 Å². The first kappa shape index (κ1) is 32.4. The lowest BCUT2D eigenvalue weighted by molar-refractivity contribution is 1.30. The third-order valence-corrected chi connectivity index (χ3v) is 10.9. The highest BCUT2D eigenvalue weighted by Crippen LogP contribution is 2.44. The van der Waals surface area contributed by atoms with Crippen LogP contribution in [0, 0.1) is 0 Å². The van der Waals surface area contributed by atoms with Crippen molar-refractivity contribution in [2.75, 3.05) is 4.90 Å². The van der Waals surface area contributed by atoms with E-state index >= 15 is 0 Å². The molecule has 10 aromatic carbocycles. The molecule has 0 unspecified atom stereocenters. The molecule has 0 radical (unpaired) electrons. The van der Waals surface area contributed by atoms with Crippen LogP contribution in [-0.4, -0.2) is 0 Å². The molecule has 1 nitrogen and oxygen atoms in total. The Morgan fingerprint density at radius 3 is 1.42 bits per heavy atom. The Morgan fingerprint density at radius 1 is 0.255 bits per heavy atom. The number of benzene rings is 10. The quantitative estimate of drug-likeness (QED) is 0.160. The average molecular weight is 700 g/mol. The van der Waals surface area contributed by atoms with Crippen LogP contribution in [0.3, 0.4) is 0 Å². The minimum atomic E-state index is 1.10. The van der Waals surface area contributed by atoms with Crippen molar-refractivity contribution in [1.29, 1.82) is 0 Å². The normalized spacial score (nSPS) is 11.3. The number of fused-ring (bicyclic) bond motifs is 3.